The molecular weight excluding hydrogens is 400 g/mol. The van der Waals surface area contributed by atoms with E-state index < -0.39 is 6.09 Å². The summed E-state index contributed by atoms with van der Waals surface area (Å²) in [5.74, 6) is 0.533. The van der Waals surface area contributed by atoms with Gasteiger partial charge in [0.15, 0.2) is 0 Å². The molecule has 0 saturated carbocycles. The number of carbonyl (C=O) groups is 2. The number of rotatable bonds is 3. The van der Waals surface area contributed by atoms with Gasteiger partial charge in [-0.25, -0.2) is 14.8 Å². The number of cyclic esters (lactones) is 1. The number of benzene rings is 1. The normalized spacial score (nSPS) is 14.3. The van der Waals surface area contributed by atoms with E-state index in [9.17, 15) is 9.59 Å². The van der Waals surface area contributed by atoms with Gasteiger partial charge in [0, 0.05) is 10.8 Å². The van der Waals surface area contributed by atoms with Gasteiger partial charge in [0.05, 0.1) is 28.5 Å². The lowest BCUT2D eigenvalue weighted by atomic mass is 9.95. The number of hydrogen-bond acceptors (Lipinski definition) is 6. The first-order valence-corrected chi connectivity index (χ1v) is 10.6. The molecule has 8 heteroatoms. The summed E-state index contributed by atoms with van der Waals surface area (Å²) in [6.07, 6.45) is -0.407. The summed E-state index contributed by atoms with van der Waals surface area (Å²) in [6, 6.07) is 7.23. The van der Waals surface area contributed by atoms with E-state index in [1.54, 1.807) is 12.1 Å². The van der Waals surface area contributed by atoms with E-state index in [1.165, 1.54) is 16.2 Å². The highest BCUT2D eigenvalue weighted by Crippen LogP contribution is 2.35. The standard InChI is InChI=1S/C22H24N4O3S/c1-12-16-13(2)23-20(22(3,4)5)25-19(16)30-17(12)18(27)24-14-8-6-7-9-15(14)26-10-11-29-21(26)28/h6-9H,10-11H2,1-5H3,(H,24,27). The second kappa shape index (κ2) is 7.36. The molecule has 1 N–H and O–H groups in total. The van der Waals surface area contributed by atoms with E-state index in [1.807, 2.05) is 26.0 Å². The van der Waals surface area contributed by atoms with E-state index in [0.717, 1.165) is 27.3 Å². The lowest BCUT2D eigenvalue weighted by Crippen LogP contribution is -2.25. The van der Waals surface area contributed by atoms with Crippen molar-refractivity contribution in [2.24, 2.45) is 0 Å². The zero-order valence-electron chi connectivity index (χ0n) is 17.7. The maximum absolute atomic E-state index is 13.2. The quantitative estimate of drug-likeness (QED) is 0.652. The van der Waals surface area contributed by atoms with Gasteiger partial charge in [0.1, 0.15) is 17.3 Å². The van der Waals surface area contributed by atoms with Gasteiger partial charge in [-0.2, -0.15) is 0 Å². The molecule has 3 heterocycles. The first-order valence-electron chi connectivity index (χ1n) is 9.79. The second-order valence-corrected chi connectivity index (χ2v) is 9.36. The Morgan fingerprint density at radius 2 is 1.93 bits per heavy atom. The van der Waals surface area contributed by atoms with Crippen molar-refractivity contribution in [1.29, 1.82) is 0 Å². The van der Waals surface area contributed by atoms with Crippen LogP contribution in [0.1, 0.15) is 47.5 Å². The van der Waals surface area contributed by atoms with Crippen LogP contribution in [0.5, 0.6) is 0 Å². The molecule has 2 aromatic heterocycles. The lowest BCUT2D eigenvalue weighted by molar-refractivity contribution is 0.103. The third-order valence-electron chi connectivity index (χ3n) is 5.05. The summed E-state index contributed by atoms with van der Waals surface area (Å²) < 4.78 is 5.04. The zero-order valence-corrected chi connectivity index (χ0v) is 18.5. The fourth-order valence-corrected chi connectivity index (χ4v) is 4.62. The Bertz CT molecular complexity index is 1160. The highest BCUT2D eigenvalue weighted by atomic mass is 32.1. The third kappa shape index (κ3) is 3.52. The summed E-state index contributed by atoms with van der Waals surface area (Å²) in [6.45, 7) is 10.9. The highest BCUT2D eigenvalue weighted by Gasteiger charge is 2.27. The molecule has 0 spiro atoms. The van der Waals surface area contributed by atoms with Gasteiger partial charge < -0.3 is 10.1 Å². The highest BCUT2D eigenvalue weighted by molar-refractivity contribution is 7.20. The zero-order chi connectivity index (χ0) is 21.6. The SMILES string of the molecule is Cc1nc(C(C)(C)C)nc2sc(C(=O)Nc3ccccc3N3CCOC3=O)c(C)c12. The van der Waals surface area contributed by atoms with Crippen molar-refractivity contribution in [1.82, 2.24) is 9.97 Å². The number of nitrogens with one attached hydrogen (secondary N) is 1. The number of fused-ring (bicyclic) bond motifs is 1. The van der Waals surface area contributed by atoms with Crippen LogP contribution in [0.25, 0.3) is 10.2 Å². The van der Waals surface area contributed by atoms with Crippen LogP contribution in [0.15, 0.2) is 24.3 Å². The Kier molecular flexibility index (Phi) is 4.97. The van der Waals surface area contributed by atoms with Gasteiger partial charge in [-0.15, -0.1) is 11.3 Å². The molecule has 2 amide bonds. The number of aromatic nitrogens is 2. The minimum Gasteiger partial charge on any atom is -0.447 e. The van der Waals surface area contributed by atoms with Crippen LogP contribution in [0.4, 0.5) is 16.2 Å². The largest absolute Gasteiger partial charge is 0.447 e. The first-order chi connectivity index (χ1) is 14.2. The number of thiophene rings is 1. The van der Waals surface area contributed by atoms with Crippen LogP contribution in [-0.2, 0) is 10.2 Å². The molecule has 1 aliphatic rings. The van der Waals surface area contributed by atoms with Gasteiger partial charge >= 0.3 is 6.09 Å². The Morgan fingerprint density at radius 3 is 2.60 bits per heavy atom. The van der Waals surface area contributed by atoms with Gasteiger partial charge in [0.2, 0.25) is 0 Å². The van der Waals surface area contributed by atoms with Crippen molar-refractivity contribution in [3.63, 3.8) is 0 Å². The Morgan fingerprint density at radius 1 is 1.20 bits per heavy atom. The minimum absolute atomic E-state index is 0.178. The summed E-state index contributed by atoms with van der Waals surface area (Å²) in [5.41, 5.74) is 2.75. The number of carbonyl (C=O) groups excluding carboxylic acids is 2. The van der Waals surface area contributed by atoms with Crippen molar-refractivity contribution in [2.75, 3.05) is 23.4 Å². The average molecular weight is 425 g/mol. The van der Waals surface area contributed by atoms with Crippen LogP contribution in [0.2, 0.25) is 0 Å². The molecule has 0 bridgehead atoms. The number of anilines is 2. The van der Waals surface area contributed by atoms with E-state index >= 15 is 0 Å². The van der Waals surface area contributed by atoms with Crippen molar-refractivity contribution < 1.29 is 14.3 Å². The summed E-state index contributed by atoms with van der Waals surface area (Å²) >= 11 is 1.37. The third-order valence-corrected chi connectivity index (χ3v) is 6.24. The summed E-state index contributed by atoms with van der Waals surface area (Å²) in [4.78, 5) is 37.5. The maximum Gasteiger partial charge on any atom is 0.414 e. The van der Waals surface area contributed by atoms with E-state index in [2.05, 4.69) is 31.1 Å². The van der Waals surface area contributed by atoms with Crippen molar-refractivity contribution in [3.05, 3.63) is 46.2 Å². The van der Waals surface area contributed by atoms with E-state index in [4.69, 9.17) is 9.72 Å². The lowest BCUT2D eigenvalue weighted by Gasteiger charge is -2.17. The topological polar surface area (TPSA) is 84.4 Å². The molecule has 0 aliphatic carbocycles. The van der Waals surface area contributed by atoms with Crippen LogP contribution in [0, 0.1) is 13.8 Å². The molecule has 0 radical (unpaired) electrons. The van der Waals surface area contributed by atoms with E-state index in [0.29, 0.717) is 29.4 Å². The predicted octanol–water partition coefficient (Wildman–Crippen LogP) is 4.81. The molecule has 156 valence electrons. The average Bonchev–Trinajstić information content (AvgIpc) is 3.25. The molecule has 1 fully saturated rings. The molecule has 4 rings (SSSR count). The molecule has 0 unspecified atom stereocenters. The van der Waals surface area contributed by atoms with Gasteiger partial charge in [-0.1, -0.05) is 32.9 Å². The molecule has 7 nitrogen and oxygen atoms in total. The molecule has 3 aromatic rings. The Balaban J connectivity index is 1.71. The molecule has 0 atom stereocenters. The van der Waals surface area contributed by atoms with Crippen LogP contribution < -0.4 is 10.2 Å². The van der Waals surface area contributed by atoms with Gasteiger partial charge in [-0.3, -0.25) is 9.69 Å². The molecule has 1 aliphatic heterocycles. The number of amides is 2. The fraction of sp³-hybridized carbons (Fsp3) is 0.364. The van der Waals surface area contributed by atoms with Gasteiger partial charge in [-0.05, 0) is 31.5 Å². The smallest absolute Gasteiger partial charge is 0.414 e. The first kappa shape index (κ1) is 20.3. The monoisotopic (exact) mass is 424 g/mol. The number of aryl methyl sites for hydroxylation is 2. The summed E-state index contributed by atoms with van der Waals surface area (Å²) in [5, 5.41) is 3.89. The Hall–Kier alpha value is -3.00. The Labute approximate surface area is 179 Å². The van der Waals surface area contributed by atoms with Crippen LogP contribution in [0.3, 0.4) is 0 Å². The predicted molar refractivity (Wildman–Crippen MR) is 119 cm³/mol. The second-order valence-electron chi connectivity index (χ2n) is 8.36. The maximum atomic E-state index is 13.2. The number of para-hydroxylation sites is 2. The number of ether oxygens (including phenoxy) is 1. The van der Waals surface area contributed by atoms with Crippen molar-refractivity contribution in [2.45, 2.75) is 40.0 Å². The van der Waals surface area contributed by atoms with Crippen LogP contribution in [-0.4, -0.2) is 35.1 Å². The molecular formula is C22H24N4O3S. The fourth-order valence-electron chi connectivity index (χ4n) is 3.50. The van der Waals surface area contributed by atoms with Crippen molar-refractivity contribution >= 4 is 44.9 Å². The number of hydrogen-bond donors (Lipinski definition) is 1. The summed E-state index contributed by atoms with van der Waals surface area (Å²) in [7, 11) is 0. The van der Waals surface area contributed by atoms with E-state index in [-0.39, 0.29) is 11.3 Å². The minimum atomic E-state index is -0.407. The molecule has 1 saturated heterocycles. The van der Waals surface area contributed by atoms with Crippen molar-refractivity contribution in [3.8, 4) is 0 Å². The van der Waals surface area contributed by atoms with Crippen LogP contribution >= 0.6 is 11.3 Å². The number of nitrogens with zero attached hydrogens (tertiary/aromatic N) is 3. The molecule has 1 aromatic carbocycles. The van der Waals surface area contributed by atoms with Gasteiger partial charge in [0.25, 0.3) is 5.91 Å². The molecule has 30 heavy (non-hydrogen) atoms.